The summed E-state index contributed by atoms with van der Waals surface area (Å²) in [6.45, 7) is 9.07. The maximum absolute atomic E-state index is 6.07. The van der Waals surface area contributed by atoms with Gasteiger partial charge in [0.15, 0.2) is 5.96 Å². The highest BCUT2D eigenvalue weighted by Crippen LogP contribution is 2.20. The van der Waals surface area contributed by atoms with Gasteiger partial charge in [0.1, 0.15) is 0 Å². The first kappa shape index (κ1) is 15.8. The molecule has 0 aliphatic carbocycles. The molecule has 1 unspecified atom stereocenters. The molecule has 2 rings (SSSR count). The molecule has 0 aromatic heterocycles. The molecule has 1 saturated heterocycles. The molecule has 21 heavy (non-hydrogen) atoms. The van der Waals surface area contributed by atoms with E-state index in [1.165, 1.54) is 24.9 Å². The fourth-order valence-corrected chi connectivity index (χ4v) is 2.97. The Morgan fingerprint density at radius 2 is 2.00 bits per heavy atom. The van der Waals surface area contributed by atoms with E-state index in [4.69, 9.17) is 5.73 Å². The summed E-state index contributed by atoms with van der Waals surface area (Å²) in [6.07, 6.45) is 2.49. The molecule has 1 atom stereocenters. The normalized spacial score (nSPS) is 19.9. The number of rotatable bonds is 6. The summed E-state index contributed by atoms with van der Waals surface area (Å²) in [5.41, 5.74) is 7.45. The highest BCUT2D eigenvalue weighted by Gasteiger charge is 2.24. The van der Waals surface area contributed by atoms with Crippen LogP contribution in [0.4, 0.5) is 0 Å². The molecule has 4 heteroatoms. The van der Waals surface area contributed by atoms with E-state index in [1.54, 1.807) is 0 Å². The van der Waals surface area contributed by atoms with Crippen LogP contribution in [0.25, 0.3) is 0 Å². The maximum atomic E-state index is 6.07. The SMILES string of the molecule is CCN(CC)C(N)=NCC1CCCN1Cc1ccccc1. The lowest BCUT2D eigenvalue weighted by atomic mass is 10.2. The van der Waals surface area contributed by atoms with Gasteiger partial charge in [0.25, 0.3) is 0 Å². The first-order valence-corrected chi connectivity index (χ1v) is 8.07. The van der Waals surface area contributed by atoms with Gasteiger partial charge in [0, 0.05) is 25.7 Å². The van der Waals surface area contributed by atoms with Crippen molar-refractivity contribution in [3.8, 4) is 0 Å². The lowest BCUT2D eigenvalue weighted by Crippen LogP contribution is -2.38. The fraction of sp³-hybridized carbons (Fsp3) is 0.588. The van der Waals surface area contributed by atoms with Crippen molar-refractivity contribution in [3.63, 3.8) is 0 Å². The van der Waals surface area contributed by atoms with Crippen LogP contribution in [0.1, 0.15) is 32.3 Å². The van der Waals surface area contributed by atoms with Crippen molar-refractivity contribution in [3.05, 3.63) is 35.9 Å². The Morgan fingerprint density at radius 3 is 2.67 bits per heavy atom. The average molecular weight is 288 g/mol. The summed E-state index contributed by atoms with van der Waals surface area (Å²) in [4.78, 5) is 9.26. The number of aliphatic imine (C=N–C) groups is 1. The van der Waals surface area contributed by atoms with Crippen molar-refractivity contribution in [1.29, 1.82) is 0 Å². The number of nitrogens with zero attached hydrogens (tertiary/aromatic N) is 3. The third kappa shape index (κ3) is 4.46. The Kier molecular flexibility index (Phi) is 6.05. The molecule has 1 aromatic carbocycles. The molecule has 1 aromatic rings. The van der Waals surface area contributed by atoms with Crippen LogP contribution in [0.5, 0.6) is 0 Å². The molecule has 1 fully saturated rings. The zero-order valence-electron chi connectivity index (χ0n) is 13.3. The molecule has 0 saturated carbocycles. The quantitative estimate of drug-likeness (QED) is 0.645. The van der Waals surface area contributed by atoms with E-state index in [9.17, 15) is 0 Å². The van der Waals surface area contributed by atoms with Gasteiger partial charge in [-0.3, -0.25) is 9.89 Å². The number of nitrogens with two attached hydrogens (primary N) is 1. The van der Waals surface area contributed by atoms with Gasteiger partial charge in [-0.05, 0) is 38.8 Å². The van der Waals surface area contributed by atoms with Crippen molar-refractivity contribution in [1.82, 2.24) is 9.80 Å². The number of benzene rings is 1. The van der Waals surface area contributed by atoms with Gasteiger partial charge in [-0.2, -0.15) is 0 Å². The van der Waals surface area contributed by atoms with E-state index < -0.39 is 0 Å². The largest absolute Gasteiger partial charge is 0.370 e. The van der Waals surface area contributed by atoms with Gasteiger partial charge in [-0.25, -0.2) is 0 Å². The average Bonchev–Trinajstić information content (AvgIpc) is 2.94. The molecule has 116 valence electrons. The molecule has 1 heterocycles. The van der Waals surface area contributed by atoms with Crippen LogP contribution in [-0.4, -0.2) is 48.0 Å². The van der Waals surface area contributed by atoms with Crippen LogP contribution in [0.2, 0.25) is 0 Å². The topological polar surface area (TPSA) is 44.9 Å². The van der Waals surface area contributed by atoms with E-state index in [-0.39, 0.29) is 0 Å². The van der Waals surface area contributed by atoms with Crippen LogP contribution in [0, 0.1) is 0 Å². The summed E-state index contributed by atoms with van der Waals surface area (Å²) >= 11 is 0. The van der Waals surface area contributed by atoms with Crippen LogP contribution < -0.4 is 5.73 Å². The van der Waals surface area contributed by atoms with Crippen LogP contribution in [-0.2, 0) is 6.54 Å². The van der Waals surface area contributed by atoms with E-state index in [2.05, 4.69) is 59.0 Å². The van der Waals surface area contributed by atoms with Crippen molar-refractivity contribution in [2.24, 2.45) is 10.7 Å². The van der Waals surface area contributed by atoms with E-state index in [0.717, 1.165) is 26.2 Å². The predicted octanol–water partition coefficient (Wildman–Crippen LogP) is 2.31. The second-order valence-electron chi connectivity index (χ2n) is 5.62. The molecule has 1 aliphatic heterocycles. The molecule has 0 radical (unpaired) electrons. The van der Waals surface area contributed by atoms with Gasteiger partial charge < -0.3 is 10.6 Å². The molecule has 2 N–H and O–H groups in total. The van der Waals surface area contributed by atoms with E-state index in [1.807, 2.05) is 0 Å². The predicted molar refractivity (Wildman–Crippen MR) is 89.3 cm³/mol. The van der Waals surface area contributed by atoms with Crippen molar-refractivity contribution < 1.29 is 0 Å². The van der Waals surface area contributed by atoms with Crippen molar-refractivity contribution in [2.45, 2.75) is 39.3 Å². The van der Waals surface area contributed by atoms with Crippen LogP contribution in [0.15, 0.2) is 35.3 Å². The molecular weight excluding hydrogens is 260 g/mol. The molecule has 0 amide bonds. The zero-order valence-corrected chi connectivity index (χ0v) is 13.3. The standard InChI is InChI=1S/C17H28N4/c1-3-20(4-2)17(18)19-13-16-11-8-12-21(16)14-15-9-6-5-7-10-15/h5-7,9-10,16H,3-4,8,11-14H2,1-2H3,(H2,18,19). The number of likely N-dealkylation sites (tertiary alicyclic amines) is 1. The molecular formula is C17H28N4. The second-order valence-corrected chi connectivity index (χ2v) is 5.62. The smallest absolute Gasteiger partial charge is 0.191 e. The summed E-state index contributed by atoms with van der Waals surface area (Å²) in [7, 11) is 0. The van der Waals surface area contributed by atoms with Gasteiger partial charge in [-0.15, -0.1) is 0 Å². The second kappa shape index (κ2) is 8.03. The summed E-state index contributed by atoms with van der Waals surface area (Å²) in [6, 6.07) is 11.2. The first-order chi connectivity index (χ1) is 10.2. The Hall–Kier alpha value is -1.55. The maximum Gasteiger partial charge on any atom is 0.191 e. The third-order valence-electron chi connectivity index (χ3n) is 4.28. The van der Waals surface area contributed by atoms with Gasteiger partial charge in [0.05, 0.1) is 6.54 Å². The number of guanidine groups is 1. The van der Waals surface area contributed by atoms with Crippen LogP contribution >= 0.6 is 0 Å². The number of hydrogen-bond donors (Lipinski definition) is 1. The highest BCUT2D eigenvalue weighted by molar-refractivity contribution is 5.78. The summed E-state index contributed by atoms with van der Waals surface area (Å²) < 4.78 is 0. The summed E-state index contributed by atoms with van der Waals surface area (Å²) in [5, 5.41) is 0. The van der Waals surface area contributed by atoms with E-state index >= 15 is 0 Å². The molecule has 4 nitrogen and oxygen atoms in total. The van der Waals surface area contributed by atoms with Crippen molar-refractivity contribution in [2.75, 3.05) is 26.2 Å². The molecule has 1 aliphatic rings. The third-order valence-corrected chi connectivity index (χ3v) is 4.28. The monoisotopic (exact) mass is 288 g/mol. The lowest BCUT2D eigenvalue weighted by molar-refractivity contribution is 0.250. The Morgan fingerprint density at radius 1 is 1.29 bits per heavy atom. The van der Waals surface area contributed by atoms with Crippen LogP contribution in [0.3, 0.4) is 0 Å². The van der Waals surface area contributed by atoms with Crippen molar-refractivity contribution >= 4 is 5.96 Å². The Balaban J connectivity index is 1.91. The van der Waals surface area contributed by atoms with Gasteiger partial charge in [-0.1, -0.05) is 30.3 Å². The first-order valence-electron chi connectivity index (χ1n) is 8.07. The minimum Gasteiger partial charge on any atom is -0.370 e. The summed E-state index contributed by atoms with van der Waals surface area (Å²) in [5.74, 6) is 0.687. The van der Waals surface area contributed by atoms with E-state index in [0.29, 0.717) is 12.0 Å². The van der Waals surface area contributed by atoms with Gasteiger partial charge in [0.2, 0.25) is 0 Å². The Labute approximate surface area is 128 Å². The molecule has 0 bridgehead atoms. The minimum absolute atomic E-state index is 0.527. The van der Waals surface area contributed by atoms with Gasteiger partial charge >= 0.3 is 0 Å². The fourth-order valence-electron chi connectivity index (χ4n) is 2.97. The molecule has 0 spiro atoms. The lowest BCUT2D eigenvalue weighted by Gasteiger charge is -2.24. The minimum atomic E-state index is 0.527. The zero-order chi connectivity index (χ0) is 15.1. The highest BCUT2D eigenvalue weighted by atomic mass is 15.3. The number of hydrogen-bond acceptors (Lipinski definition) is 2. The Bertz CT molecular complexity index is 439.